The van der Waals surface area contributed by atoms with Gasteiger partial charge in [-0.3, -0.25) is 0 Å². The van der Waals surface area contributed by atoms with Crippen molar-refractivity contribution in [2.45, 2.75) is 27.2 Å². The lowest BCUT2D eigenvalue weighted by Gasteiger charge is -2.17. The Labute approximate surface area is 92.3 Å². The van der Waals surface area contributed by atoms with Crippen LogP contribution in [-0.4, -0.2) is 5.88 Å². The molecule has 0 heterocycles. The molecule has 1 heteroatoms. The molecule has 0 radical (unpaired) electrons. The average molecular weight is 211 g/mol. The van der Waals surface area contributed by atoms with Crippen molar-refractivity contribution in [3.63, 3.8) is 0 Å². The highest BCUT2D eigenvalue weighted by Crippen LogP contribution is 2.18. The first-order valence-corrected chi connectivity index (χ1v) is 5.78. The fourth-order valence-corrected chi connectivity index (χ4v) is 1.96. The Hall–Kier alpha value is -0.490. The zero-order valence-corrected chi connectivity index (χ0v) is 10.0. The van der Waals surface area contributed by atoms with Gasteiger partial charge in [-0.25, -0.2) is 0 Å². The van der Waals surface area contributed by atoms with Crippen LogP contribution in [0.25, 0.3) is 0 Å². The third kappa shape index (κ3) is 3.34. The summed E-state index contributed by atoms with van der Waals surface area (Å²) in [5.41, 5.74) is 2.72. The summed E-state index contributed by atoms with van der Waals surface area (Å²) in [6.45, 7) is 6.59. The molecule has 0 nitrogen and oxygen atoms in total. The minimum Gasteiger partial charge on any atom is -0.126 e. The number of rotatable bonds is 4. The van der Waals surface area contributed by atoms with Crippen molar-refractivity contribution in [2.75, 3.05) is 5.88 Å². The molecule has 0 amide bonds. The summed E-state index contributed by atoms with van der Waals surface area (Å²) in [4.78, 5) is 0. The van der Waals surface area contributed by atoms with Crippen LogP contribution in [0.2, 0.25) is 0 Å². The fraction of sp³-hybridized carbons (Fsp3) is 0.538. The van der Waals surface area contributed by atoms with Gasteiger partial charge in [-0.15, -0.1) is 11.6 Å². The molecule has 0 saturated carbocycles. The van der Waals surface area contributed by atoms with E-state index in [0.717, 1.165) is 12.3 Å². The van der Waals surface area contributed by atoms with Crippen molar-refractivity contribution in [1.82, 2.24) is 0 Å². The molecule has 0 bridgehead atoms. The predicted octanol–water partition coefficient (Wildman–Crippen LogP) is 4.05. The molecule has 1 aromatic carbocycles. The van der Waals surface area contributed by atoms with Crippen molar-refractivity contribution in [2.24, 2.45) is 11.8 Å². The summed E-state index contributed by atoms with van der Waals surface area (Å²) >= 11 is 5.94. The van der Waals surface area contributed by atoms with Gasteiger partial charge in [0.25, 0.3) is 0 Å². The van der Waals surface area contributed by atoms with Crippen molar-refractivity contribution in [1.29, 1.82) is 0 Å². The summed E-state index contributed by atoms with van der Waals surface area (Å²) in [6, 6.07) is 8.75. The Morgan fingerprint density at radius 3 is 2.14 bits per heavy atom. The van der Waals surface area contributed by atoms with E-state index in [1.807, 2.05) is 0 Å². The number of alkyl halides is 1. The predicted molar refractivity (Wildman–Crippen MR) is 63.9 cm³/mol. The molecular formula is C13H19Cl. The molecule has 0 spiro atoms. The van der Waals surface area contributed by atoms with Crippen LogP contribution in [0.1, 0.15) is 25.0 Å². The molecule has 0 aliphatic heterocycles. The van der Waals surface area contributed by atoms with Crippen molar-refractivity contribution in [3.05, 3.63) is 35.4 Å². The van der Waals surface area contributed by atoms with E-state index < -0.39 is 0 Å². The van der Waals surface area contributed by atoms with Crippen LogP contribution in [0.15, 0.2) is 24.3 Å². The van der Waals surface area contributed by atoms with E-state index in [9.17, 15) is 0 Å². The SMILES string of the molecule is Cc1ccc(CC(CCl)C(C)C)cc1. The van der Waals surface area contributed by atoms with Gasteiger partial charge < -0.3 is 0 Å². The molecule has 14 heavy (non-hydrogen) atoms. The van der Waals surface area contributed by atoms with Crippen LogP contribution in [-0.2, 0) is 6.42 Å². The Morgan fingerprint density at radius 1 is 1.14 bits per heavy atom. The number of benzene rings is 1. The van der Waals surface area contributed by atoms with Crippen LogP contribution in [0.4, 0.5) is 0 Å². The molecule has 0 aliphatic rings. The van der Waals surface area contributed by atoms with Gasteiger partial charge >= 0.3 is 0 Å². The Morgan fingerprint density at radius 2 is 1.71 bits per heavy atom. The summed E-state index contributed by atoms with van der Waals surface area (Å²) in [5, 5.41) is 0. The van der Waals surface area contributed by atoms with Crippen molar-refractivity contribution >= 4 is 11.6 Å². The zero-order chi connectivity index (χ0) is 10.6. The molecule has 0 N–H and O–H groups in total. The number of halogens is 1. The van der Waals surface area contributed by atoms with E-state index in [0.29, 0.717) is 11.8 Å². The van der Waals surface area contributed by atoms with E-state index in [4.69, 9.17) is 11.6 Å². The van der Waals surface area contributed by atoms with E-state index >= 15 is 0 Å². The molecular weight excluding hydrogens is 192 g/mol. The summed E-state index contributed by atoms with van der Waals surface area (Å²) < 4.78 is 0. The Kier molecular flexibility index (Phi) is 4.47. The topological polar surface area (TPSA) is 0 Å². The zero-order valence-electron chi connectivity index (χ0n) is 9.26. The largest absolute Gasteiger partial charge is 0.126 e. The van der Waals surface area contributed by atoms with E-state index in [-0.39, 0.29) is 0 Å². The molecule has 0 fully saturated rings. The van der Waals surface area contributed by atoms with Crippen molar-refractivity contribution < 1.29 is 0 Å². The first-order chi connectivity index (χ1) is 6.63. The van der Waals surface area contributed by atoms with Gasteiger partial charge in [0.15, 0.2) is 0 Å². The lowest BCUT2D eigenvalue weighted by molar-refractivity contribution is 0.422. The third-order valence-electron chi connectivity index (χ3n) is 2.76. The summed E-state index contributed by atoms with van der Waals surface area (Å²) in [6.07, 6.45) is 1.10. The minimum absolute atomic E-state index is 0.597. The highest BCUT2D eigenvalue weighted by Gasteiger charge is 2.12. The van der Waals surface area contributed by atoms with Gasteiger partial charge in [-0.2, -0.15) is 0 Å². The Bertz CT molecular complexity index is 261. The highest BCUT2D eigenvalue weighted by molar-refractivity contribution is 6.18. The smallest absolute Gasteiger partial charge is 0.0257 e. The van der Waals surface area contributed by atoms with Gasteiger partial charge in [-0.1, -0.05) is 43.7 Å². The lowest BCUT2D eigenvalue weighted by atomic mass is 9.91. The Balaban J connectivity index is 2.63. The molecule has 1 rings (SSSR count). The maximum absolute atomic E-state index is 5.94. The standard InChI is InChI=1S/C13H19Cl/c1-10(2)13(9-14)8-12-6-4-11(3)5-7-12/h4-7,10,13H,8-9H2,1-3H3. The van der Waals surface area contributed by atoms with E-state index in [1.165, 1.54) is 11.1 Å². The number of hydrogen-bond acceptors (Lipinski definition) is 0. The second-order valence-corrected chi connectivity index (χ2v) is 4.66. The maximum Gasteiger partial charge on any atom is 0.0257 e. The van der Waals surface area contributed by atoms with Gasteiger partial charge in [0.2, 0.25) is 0 Å². The summed E-state index contributed by atoms with van der Waals surface area (Å²) in [7, 11) is 0. The number of hydrogen-bond donors (Lipinski definition) is 0. The second kappa shape index (κ2) is 5.41. The summed E-state index contributed by atoms with van der Waals surface area (Å²) in [5.74, 6) is 2.01. The normalized spacial score (nSPS) is 13.2. The monoisotopic (exact) mass is 210 g/mol. The average Bonchev–Trinajstić information content (AvgIpc) is 2.16. The van der Waals surface area contributed by atoms with E-state index in [1.54, 1.807) is 0 Å². The van der Waals surface area contributed by atoms with Gasteiger partial charge in [0, 0.05) is 5.88 Å². The van der Waals surface area contributed by atoms with Crippen LogP contribution in [0.5, 0.6) is 0 Å². The minimum atomic E-state index is 0.597. The van der Waals surface area contributed by atoms with Crippen LogP contribution < -0.4 is 0 Å². The first-order valence-electron chi connectivity index (χ1n) is 5.25. The molecule has 78 valence electrons. The first kappa shape index (κ1) is 11.6. The van der Waals surface area contributed by atoms with Gasteiger partial charge in [0.05, 0.1) is 0 Å². The maximum atomic E-state index is 5.94. The quantitative estimate of drug-likeness (QED) is 0.658. The van der Waals surface area contributed by atoms with Gasteiger partial charge in [0.1, 0.15) is 0 Å². The molecule has 1 aromatic rings. The van der Waals surface area contributed by atoms with E-state index in [2.05, 4.69) is 45.0 Å². The van der Waals surface area contributed by atoms with Crippen LogP contribution >= 0.6 is 11.6 Å². The molecule has 1 unspecified atom stereocenters. The third-order valence-corrected chi connectivity index (χ3v) is 3.16. The van der Waals surface area contributed by atoms with Crippen molar-refractivity contribution in [3.8, 4) is 0 Å². The number of aryl methyl sites for hydroxylation is 1. The highest BCUT2D eigenvalue weighted by atomic mass is 35.5. The molecule has 0 aliphatic carbocycles. The lowest BCUT2D eigenvalue weighted by Crippen LogP contribution is -2.13. The molecule has 0 aromatic heterocycles. The van der Waals surface area contributed by atoms with Crippen LogP contribution in [0, 0.1) is 18.8 Å². The molecule has 1 atom stereocenters. The fourth-order valence-electron chi connectivity index (χ4n) is 1.50. The van der Waals surface area contributed by atoms with Crippen LogP contribution in [0.3, 0.4) is 0 Å². The van der Waals surface area contributed by atoms with Gasteiger partial charge in [-0.05, 0) is 30.7 Å². The second-order valence-electron chi connectivity index (χ2n) is 4.35. The molecule has 0 saturated heterocycles.